The Labute approximate surface area is 114 Å². The summed E-state index contributed by atoms with van der Waals surface area (Å²) < 4.78 is 13.2. The minimum absolute atomic E-state index is 0.273. The van der Waals surface area contributed by atoms with Crippen molar-refractivity contribution in [2.45, 2.75) is 51.5 Å². The Hall–Kier alpha value is -0.760. The molecule has 0 unspecified atom stereocenters. The van der Waals surface area contributed by atoms with Gasteiger partial charge in [-0.2, -0.15) is 0 Å². The Kier molecular flexibility index (Phi) is 4.87. The highest BCUT2D eigenvalue weighted by Crippen LogP contribution is 2.30. The third-order valence-electron chi connectivity index (χ3n) is 3.78. The molecular weight excluding hydrogens is 249 g/mol. The number of hydrogen-bond acceptors (Lipinski definition) is 1. The van der Waals surface area contributed by atoms with Crippen LogP contribution < -0.4 is 5.32 Å². The van der Waals surface area contributed by atoms with Crippen molar-refractivity contribution in [1.29, 1.82) is 0 Å². The van der Waals surface area contributed by atoms with E-state index < -0.39 is 0 Å². The molecule has 2 rings (SSSR count). The van der Waals surface area contributed by atoms with Crippen molar-refractivity contribution < 1.29 is 4.39 Å². The van der Waals surface area contributed by atoms with E-state index in [0.717, 1.165) is 11.6 Å². The standard InChI is InChI=1S/C15H21ClFN/c1-2-3-11-4-6-14(7-5-11)18-15-9-12(16)8-13(17)10-15/h8-11,14,18H,2-7H2,1H3. The minimum Gasteiger partial charge on any atom is -0.382 e. The first-order valence-electron chi connectivity index (χ1n) is 6.90. The van der Waals surface area contributed by atoms with E-state index >= 15 is 0 Å². The molecule has 100 valence electrons. The number of halogens is 2. The second-order valence-electron chi connectivity index (χ2n) is 5.31. The fourth-order valence-corrected chi connectivity index (χ4v) is 3.10. The number of rotatable bonds is 4. The molecule has 0 aliphatic heterocycles. The molecule has 1 saturated carbocycles. The van der Waals surface area contributed by atoms with E-state index in [4.69, 9.17) is 11.6 Å². The zero-order valence-corrected chi connectivity index (χ0v) is 11.6. The maximum absolute atomic E-state index is 13.2. The molecule has 1 N–H and O–H groups in total. The highest BCUT2D eigenvalue weighted by atomic mass is 35.5. The summed E-state index contributed by atoms with van der Waals surface area (Å²) in [6.45, 7) is 2.25. The molecular formula is C15H21ClFN. The third-order valence-corrected chi connectivity index (χ3v) is 4.00. The van der Waals surface area contributed by atoms with Crippen LogP contribution in [0.1, 0.15) is 45.4 Å². The molecule has 1 fully saturated rings. The van der Waals surface area contributed by atoms with Crippen molar-refractivity contribution >= 4 is 17.3 Å². The van der Waals surface area contributed by atoms with Crippen LogP contribution in [0.5, 0.6) is 0 Å². The van der Waals surface area contributed by atoms with Crippen LogP contribution in [0.4, 0.5) is 10.1 Å². The van der Waals surface area contributed by atoms with Gasteiger partial charge in [-0.15, -0.1) is 0 Å². The fourth-order valence-electron chi connectivity index (χ4n) is 2.88. The second kappa shape index (κ2) is 6.42. The van der Waals surface area contributed by atoms with E-state index in [0.29, 0.717) is 11.1 Å². The highest BCUT2D eigenvalue weighted by molar-refractivity contribution is 6.30. The van der Waals surface area contributed by atoms with Crippen molar-refractivity contribution in [1.82, 2.24) is 0 Å². The molecule has 0 amide bonds. The molecule has 1 aromatic rings. The molecule has 1 nitrogen and oxygen atoms in total. The molecule has 1 aliphatic rings. The van der Waals surface area contributed by atoms with Gasteiger partial charge in [0.15, 0.2) is 0 Å². The Morgan fingerprint density at radius 2 is 1.94 bits per heavy atom. The molecule has 0 saturated heterocycles. The summed E-state index contributed by atoms with van der Waals surface area (Å²) in [6.07, 6.45) is 7.56. The van der Waals surface area contributed by atoms with Gasteiger partial charge >= 0.3 is 0 Å². The SMILES string of the molecule is CCCC1CCC(Nc2cc(F)cc(Cl)c2)CC1. The van der Waals surface area contributed by atoms with Gasteiger partial charge in [0, 0.05) is 16.8 Å². The van der Waals surface area contributed by atoms with Gasteiger partial charge in [-0.3, -0.25) is 0 Å². The first kappa shape index (κ1) is 13.7. The van der Waals surface area contributed by atoms with Gasteiger partial charge in [0.25, 0.3) is 0 Å². The number of nitrogens with one attached hydrogen (secondary N) is 1. The van der Waals surface area contributed by atoms with Crippen molar-refractivity contribution in [2.75, 3.05) is 5.32 Å². The van der Waals surface area contributed by atoms with E-state index in [2.05, 4.69) is 12.2 Å². The quantitative estimate of drug-likeness (QED) is 0.787. The third kappa shape index (κ3) is 3.88. The number of hydrogen-bond donors (Lipinski definition) is 1. The van der Waals surface area contributed by atoms with E-state index in [1.54, 1.807) is 6.07 Å². The van der Waals surface area contributed by atoms with Gasteiger partial charge < -0.3 is 5.32 Å². The summed E-state index contributed by atoms with van der Waals surface area (Å²) in [4.78, 5) is 0. The molecule has 18 heavy (non-hydrogen) atoms. The average molecular weight is 270 g/mol. The lowest BCUT2D eigenvalue weighted by atomic mass is 9.83. The number of benzene rings is 1. The van der Waals surface area contributed by atoms with Crippen LogP contribution in [-0.2, 0) is 0 Å². The molecule has 0 heterocycles. The summed E-state index contributed by atoms with van der Waals surface area (Å²) in [5.74, 6) is 0.619. The van der Waals surface area contributed by atoms with Crippen LogP contribution in [0.15, 0.2) is 18.2 Å². The average Bonchev–Trinajstić information content (AvgIpc) is 2.31. The monoisotopic (exact) mass is 269 g/mol. The van der Waals surface area contributed by atoms with Gasteiger partial charge in [0.1, 0.15) is 5.82 Å². The van der Waals surface area contributed by atoms with E-state index in [1.165, 1.54) is 50.7 Å². The predicted octanol–water partition coefficient (Wildman–Crippen LogP) is 5.25. The predicted molar refractivity (Wildman–Crippen MR) is 75.7 cm³/mol. The smallest absolute Gasteiger partial charge is 0.126 e. The van der Waals surface area contributed by atoms with Crippen LogP contribution in [0.25, 0.3) is 0 Å². The molecule has 0 spiro atoms. The Balaban J connectivity index is 1.87. The van der Waals surface area contributed by atoms with Crippen molar-refractivity contribution in [3.05, 3.63) is 29.0 Å². The normalized spacial score (nSPS) is 23.9. The Morgan fingerprint density at radius 1 is 1.22 bits per heavy atom. The Bertz CT molecular complexity index is 366. The molecule has 0 bridgehead atoms. The lowest BCUT2D eigenvalue weighted by molar-refractivity contribution is 0.319. The van der Waals surface area contributed by atoms with Crippen LogP contribution in [0, 0.1) is 11.7 Å². The summed E-state index contributed by atoms with van der Waals surface area (Å²) in [5.41, 5.74) is 0.805. The van der Waals surface area contributed by atoms with Gasteiger partial charge in [0.2, 0.25) is 0 Å². The maximum atomic E-state index is 13.2. The van der Waals surface area contributed by atoms with Gasteiger partial charge in [-0.1, -0.05) is 31.4 Å². The largest absolute Gasteiger partial charge is 0.382 e. The van der Waals surface area contributed by atoms with E-state index in [-0.39, 0.29) is 5.82 Å². The molecule has 1 aliphatic carbocycles. The molecule has 0 aromatic heterocycles. The lowest BCUT2D eigenvalue weighted by Gasteiger charge is -2.29. The first-order valence-corrected chi connectivity index (χ1v) is 7.28. The van der Waals surface area contributed by atoms with Crippen LogP contribution in [0.2, 0.25) is 5.02 Å². The summed E-state index contributed by atoms with van der Waals surface area (Å²) in [7, 11) is 0. The zero-order chi connectivity index (χ0) is 13.0. The minimum atomic E-state index is -0.273. The van der Waals surface area contributed by atoms with E-state index in [1.807, 2.05) is 0 Å². The van der Waals surface area contributed by atoms with Crippen molar-refractivity contribution in [2.24, 2.45) is 5.92 Å². The van der Waals surface area contributed by atoms with Gasteiger partial charge in [-0.05, 0) is 49.8 Å². The molecule has 3 heteroatoms. The molecule has 0 atom stereocenters. The van der Waals surface area contributed by atoms with Crippen LogP contribution >= 0.6 is 11.6 Å². The molecule has 1 aromatic carbocycles. The summed E-state index contributed by atoms with van der Waals surface area (Å²) in [6, 6.07) is 5.12. The van der Waals surface area contributed by atoms with E-state index in [9.17, 15) is 4.39 Å². The van der Waals surface area contributed by atoms with Crippen molar-refractivity contribution in [3.63, 3.8) is 0 Å². The maximum Gasteiger partial charge on any atom is 0.126 e. The zero-order valence-electron chi connectivity index (χ0n) is 10.9. The number of anilines is 1. The summed E-state index contributed by atoms with van der Waals surface area (Å²) in [5, 5.41) is 3.86. The first-order chi connectivity index (χ1) is 8.67. The highest BCUT2D eigenvalue weighted by Gasteiger charge is 2.20. The topological polar surface area (TPSA) is 12.0 Å². The van der Waals surface area contributed by atoms with Crippen LogP contribution in [-0.4, -0.2) is 6.04 Å². The fraction of sp³-hybridized carbons (Fsp3) is 0.600. The Morgan fingerprint density at radius 3 is 2.56 bits per heavy atom. The lowest BCUT2D eigenvalue weighted by Crippen LogP contribution is -2.26. The van der Waals surface area contributed by atoms with Crippen LogP contribution in [0.3, 0.4) is 0 Å². The summed E-state index contributed by atoms with van der Waals surface area (Å²) >= 11 is 5.85. The molecule has 0 radical (unpaired) electrons. The van der Waals surface area contributed by atoms with Gasteiger partial charge in [-0.25, -0.2) is 4.39 Å². The second-order valence-corrected chi connectivity index (χ2v) is 5.75. The van der Waals surface area contributed by atoms with Gasteiger partial charge in [0.05, 0.1) is 0 Å². The van der Waals surface area contributed by atoms with Crippen molar-refractivity contribution in [3.8, 4) is 0 Å².